The van der Waals surface area contributed by atoms with Crippen molar-refractivity contribution in [2.75, 3.05) is 13.7 Å². The van der Waals surface area contributed by atoms with Crippen molar-refractivity contribution >= 4 is 11.9 Å². The molecule has 1 aromatic rings. The molecule has 0 spiro atoms. The van der Waals surface area contributed by atoms with Crippen molar-refractivity contribution in [3.8, 4) is 0 Å². The van der Waals surface area contributed by atoms with E-state index in [-0.39, 0.29) is 18.4 Å². The van der Waals surface area contributed by atoms with Crippen molar-refractivity contribution in [1.29, 1.82) is 0 Å². The van der Waals surface area contributed by atoms with Gasteiger partial charge in [-0.25, -0.2) is 0 Å². The molecule has 1 heterocycles. The number of likely N-dealkylation sites (tertiary alicyclic amines) is 1. The van der Waals surface area contributed by atoms with E-state index >= 15 is 0 Å². The second-order valence-electron chi connectivity index (χ2n) is 5.03. The monoisotopic (exact) mass is 277 g/mol. The van der Waals surface area contributed by atoms with Crippen molar-refractivity contribution in [3.63, 3.8) is 0 Å². The molecule has 1 saturated heterocycles. The first-order valence-corrected chi connectivity index (χ1v) is 6.72. The highest BCUT2D eigenvalue weighted by molar-refractivity contribution is 5.95. The SMILES string of the molecule is COCc1cccc(C(=O)N2CCCC2CC(=O)O)c1. The van der Waals surface area contributed by atoms with Crippen molar-refractivity contribution < 1.29 is 19.4 Å². The minimum absolute atomic E-state index is 0.0174. The summed E-state index contributed by atoms with van der Waals surface area (Å²) < 4.78 is 5.06. The average molecular weight is 277 g/mol. The van der Waals surface area contributed by atoms with Gasteiger partial charge in [0.2, 0.25) is 0 Å². The lowest BCUT2D eigenvalue weighted by Gasteiger charge is -2.23. The van der Waals surface area contributed by atoms with Gasteiger partial charge in [0.15, 0.2) is 0 Å². The van der Waals surface area contributed by atoms with Crippen LogP contribution in [0.2, 0.25) is 0 Å². The molecule has 5 nitrogen and oxygen atoms in total. The number of carboxylic acid groups (broad SMARTS) is 1. The van der Waals surface area contributed by atoms with Crippen molar-refractivity contribution in [1.82, 2.24) is 4.90 Å². The van der Waals surface area contributed by atoms with Gasteiger partial charge in [0.25, 0.3) is 5.91 Å². The highest BCUT2D eigenvalue weighted by Gasteiger charge is 2.30. The van der Waals surface area contributed by atoms with Crippen LogP contribution in [0.3, 0.4) is 0 Å². The third-order valence-electron chi connectivity index (χ3n) is 3.53. The lowest BCUT2D eigenvalue weighted by atomic mass is 10.1. The number of aliphatic carboxylic acids is 1. The van der Waals surface area contributed by atoms with E-state index in [1.54, 1.807) is 18.1 Å². The summed E-state index contributed by atoms with van der Waals surface area (Å²) in [6.07, 6.45) is 1.64. The number of benzene rings is 1. The molecule has 1 fully saturated rings. The summed E-state index contributed by atoms with van der Waals surface area (Å²) in [7, 11) is 1.61. The van der Waals surface area contributed by atoms with Crippen molar-refractivity contribution in [2.24, 2.45) is 0 Å². The van der Waals surface area contributed by atoms with Crippen molar-refractivity contribution in [3.05, 3.63) is 35.4 Å². The number of carboxylic acids is 1. The number of methoxy groups -OCH3 is 1. The van der Waals surface area contributed by atoms with Crippen LogP contribution in [-0.4, -0.2) is 41.6 Å². The van der Waals surface area contributed by atoms with Crippen LogP contribution < -0.4 is 0 Å². The predicted octanol–water partition coefficient (Wildman–Crippen LogP) is 1.91. The third-order valence-corrected chi connectivity index (χ3v) is 3.53. The Labute approximate surface area is 118 Å². The number of carbonyl (C=O) groups excluding carboxylic acids is 1. The van der Waals surface area contributed by atoms with Gasteiger partial charge in [-0.15, -0.1) is 0 Å². The topological polar surface area (TPSA) is 66.8 Å². The Morgan fingerprint density at radius 1 is 1.45 bits per heavy atom. The van der Waals surface area contributed by atoms with Crippen LogP contribution in [-0.2, 0) is 16.1 Å². The smallest absolute Gasteiger partial charge is 0.305 e. The molecule has 20 heavy (non-hydrogen) atoms. The van der Waals surface area contributed by atoms with E-state index in [4.69, 9.17) is 9.84 Å². The van der Waals surface area contributed by atoms with Crippen LogP contribution in [0.25, 0.3) is 0 Å². The molecule has 1 aliphatic rings. The molecular formula is C15H19NO4. The molecular weight excluding hydrogens is 258 g/mol. The van der Waals surface area contributed by atoms with Crippen LogP contribution in [0.4, 0.5) is 0 Å². The minimum Gasteiger partial charge on any atom is -0.481 e. The summed E-state index contributed by atoms with van der Waals surface area (Å²) in [4.78, 5) is 25.0. The maximum absolute atomic E-state index is 12.5. The summed E-state index contributed by atoms with van der Waals surface area (Å²) in [6.45, 7) is 1.09. The number of nitrogens with zero attached hydrogens (tertiary/aromatic N) is 1. The number of hydrogen-bond donors (Lipinski definition) is 1. The molecule has 0 aromatic heterocycles. The number of amides is 1. The van der Waals surface area contributed by atoms with Gasteiger partial charge in [-0.1, -0.05) is 12.1 Å². The second kappa shape index (κ2) is 6.52. The fourth-order valence-electron chi connectivity index (χ4n) is 2.64. The Kier molecular flexibility index (Phi) is 4.74. The molecule has 1 unspecified atom stereocenters. The van der Waals surface area contributed by atoms with Crippen LogP contribution >= 0.6 is 0 Å². The molecule has 1 amide bonds. The lowest BCUT2D eigenvalue weighted by Crippen LogP contribution is -2.36. The van der Waals surface area contributed by atoms with Crippen LogP contribution in [0.1, 0.15) is 35.2 Å². The Morgan fingerprint density at radius 3 is 2.95 bits per heavy atom. The van der Waals surface area contributed by atoms with E-state index in [9.17, 15) is 9.59 Å². The Hall–Kier alpha value is -1.88. The quantitative estimate of drug-likeness (QED) is 0.892. The zero-order valence-corrected chi connectivity index (χ0v) is 11.5. The Morgan fingerprint density at radius 2 is 2.25 bits per heavy atom. The van der Waals surface area contributed by atoms with Gasteiger partial charge < -0.3 is 14.7 Å². The van der Waals surface area contributed by atoms with E-state index in [1.807, 2.05) is 18.2 Å². The minimum atomic E-state index is -0.858. The normalized spacial score (nSPS) is 18.2. The Bertz CT molecular complexity index is 500. The van der Waals surface area contributed by atoms with Crippen LogP contribution in [0.5, 0.6) is 0 Å². The summed E-state index contributed by atoms with van der Waals surface area (Å²) in [5.74, 6) is -0.950. The number of rotatable bonds is 5. The van der Waals surface area contributed by atoms with Crippen LogP contribution in [0, 0.1) is 0 Å². The highest BCUT2D eigenvalue weighted by atomic mass is 16.5. The maximum atomic E-state index is 12.5. The Balaban J connectivity index is 2.13. The standard InChI is InChI=1S/C15H19NO4/c1-20-10-11-4-2-5-12(8-11)15(19)16-7-3-6-13(16)9-14(17)18/h2,4-5,8,13H,3,6-7,9-10H2,1H3,(H,17,18). The summed E-state index contributed by atoms with van der Waals surface area (Å²) >= 11 is 0. The summed E-state index contributed by atoms with van der Waals surface area (Å²) in [5, 5.41) is 8.90. The molecule has 1 aliphatic heterocycles. The van der Waals surface area contributed by atoms with Gasteiger partial charge in [-0.2, -0.15) is 0 Å². The number of hydrogen-bond acceptors (Lipinski definition) is 3. The molecule has 5 heteroatoms. The van der Waals surface area contributed by atoms with Gasteiger partial charge in [0.05, 0.1) is 13.0 Å². The lowest BCUT2D eigenvalue weighted by molar-refractivity contribution is -0.137. The largest absolute Gasteiger partial charge is 0.481 e. The van der Waals surface area contributed by atoms with E-state index in [2.05, 4.69) is 0 Å². The molecule has 0 radical (unpaired) electrons. The van der Waals surface area contributed by atoms with Gasteiger partial charge in [0.1, 0.15) is 0 Å². The molecule has 2 rings (SSSR count). The second-order valence-corrected chi connectivity index (χ2v) is 5.03. The highest BCUT2D eigenvalue weighted by Crippen LogP contribution is 2.23. The first kappa shape index (κ1) is 14.5. The molecule has 1 N–H and O–H groups in total. The molecule has 0 aliphatic carbocycles. The maximum Gasteiger partial charge on any atom is 0.305 e. The third kappa shape index (κ3) is 3.36. The first-order valence-electron chi connectivity index (χ1n) is 6.72. The zero-order chi connectivity index (χ0) is 14.5. The van der Waals surface area contributed by atoms with Crippen molar-refractivity contribution in [2.45, 2.75) is 31.9 Å². The molecule has 108 valence electrons. The molecule has 1 aromatic carbocycles. The van der Waals surface area contributed by atoms with E-state index < -0.39 is 5.97 Å². The van der Waals surface area contributed by atoms with Gasteiger partial charge >= 0.3 is 5.97 Å². The van der Waals surface area contributed by atoms with Gasteiger partial charge in [-0.05, 0) is 30.5 Å². The number of ether oxygens (including phenoxy) is 1. The predicted molar refractivity (Wildman–Crippen MR) is 73.5 cm³/mol. The summed E-state index contributed by atoms with van der Waals surface area (Å²) in [5.41, 5.74) is 1.53. The molecule has 1 atom stereocenters. The van der Waals surface area contributed by atoms with E-state index in [1.165, 1.54) is 0 Å². The van der Waals surface area contributed by atoms with Gasteiger partial charge in [0, 0.05) is 25.3 Å². The first-order chi connectivity index (χ1) is 9.61. The fourth-order valence-corrected chi connectivity index (χ4v) is 2.64. The number of carbonyl (C=O) groups is 2. The van der Waals surface area contributed by atoms with E-state index in [0.717, 1.165) is 18.4 Å². The molecule has 0 saturated carbocycles. The van der Waals surface area contributed by atoms with Crippen LogP contribution in [0.15, 0.2) is 24.3 Å². The van der Waals surface area contributed by atoms with E-state index in [0.29, 0.717) is 18.7 Å². The molecule has 0 bridgehead atoms. The zero-order valence-electron chi connectivity index (χ0n) is 11.5. The van der Waals surface area contributed by atoms with Gasteiger partial charge in [-0.3, -0.25) is 9.59 Å². The fraction of sp³-hybridized carbons (Fsp3) is 0.467. The average Bonchev–Trinajstić information content (AvgIpc) is 2.86. The summed E-state index contributed by atoms with van der Waals surface area (Å²) in [6, 6.07) is 7.11.